The van der Waals surface area contributed by atoms with Crippen molar-refractivity contribution in [1.82, 2.24) is 0 Å². The highest BCUT2D eigenvalue weighted by Crippen LogP contribution is 2.59. The molecule has 118 valence electrons. The van der Waals surface area contributed by atoms with Crippen LogP contribution >= 0.6 is 7.60 Å². The van der Waals surface area contributed by atoms with Gasteiger partial charge in [-0.2, -0.15) is 0 Å². The van der Waals surface area contributed by atoms with Crippen LogP contribution in [0.2, 0.25) is 0 Å². The van der Waals surface area contributed by atoms with Crippen LogP contribution in [0.3, 0.4) is 0 Å². The van der Waals surface area contributed by atoms with E-state index in [0.717, 1.165) is 32.1 Å². The zero-order valence-corrected chi connectivity index (χ0v) is 14.4. The van der Waals surface area contributed by atoms with Crippen molar-refractivity contribution in [3.63, 3.8) is 0 Å². The monoisotopic (exact) mass is 302 g/mol. The molecular formula is C16H31O3P. The molecule has 3 unspecified atom stereocenters. The Hall–Kier alpha value is -0.110. The van der Waals surface area contributed by atoms with Gasteiger partial charge in [0, 0.05) is 0 Å². The first-order chi connectivity index (χ1) is 9.53. The summed E-state index contributed by atoms with van der Waals surface area (Å²) < 4.78 is 24.7. The van der Waals surface area contributed by atoms with Crippen molar-refractivity contribution >= 4 is 7.60 Å². The molecule has 0 radical (unpaired) electrons. The van der Waals surface area contributed by atoms with Gasteiger partial charge in [-0.05, 0) is 31.1 Å². The van der Waals surface area contributed by atoms with Gasteiger partial charge >= 0.3 is 7.60 Å². The Kier molecular flexibility index (Phi) is 8.09. The van der Waals surface area contributed by atoms with E-state index in [1.165, 1.54) is 0 Å². The topological polar surface area (TPSA) is 35.5 Å². The third-order valence-corrected chi connectivity index (χ3v) is 6.49. The summed E-state index contributed by atoms with van der Waals surface area (Å²) in [5.74, 6) is 0.717. The van der Waals surface area contributed by atoms with E-state index in [4.69, 9.17) is 9.05 Å². The highest BCUT2D eigenvalue weighted by atomic mass is 31.2. The molecule has 0 spiro atoms. The quantitative estimate of drug-likeness (QED) is 0.324. The average Bonchev–Trinajstić information content (AvgIpc) is 2.42. The normalized spacial score (nSPS) is 26.9. The second-order valence-corrected chi connectivity index (χ2v) is 8.20. The van der Waals surface area contributed by atoms with Gasteiger partial charge in [0.15, 0.2) is 0 Å². The van der Waals surface area contributed by atoms with Crippen LogP contribution < -0.4 is 0 Å². The highest BCUT2D eigenvalue weighted by Gasteiger charge is 2.40. The molecule has 3 atom stereocenters. The van der Waals surface area contributed by atoms with E-state index in [1.807, 2.05) is 0 Å². The van der Waals surface area contributed by atoms with Gasteiger partial charge in [0.05, 0.1) is 18.9 Å². The minimum atomic E-state index is -3.00. The Morgan fingerprint density at radius 2 is 1.60 bits per heavy atom. The van der Waals surface area contributed by atoms with Gasteiger partial charge in [-0.1, -0.05) is 52.7 Å². The summed E-state index contributed by atoms with van der Waals surface area (Å²) in [5.41, 5.74) is 0.0104. The summed E-state index contributed by atoms with van der Waals surface area (Å²) in [6, 6.07) is 0. The van der Waals surface area contributed by atoms with Gasteiger partial charge in [-0.3, -0.25) is 4.57 Å². The summed E-state index contributed by atoms with van der Waals surface area (Å²) in [6.45, 7) is 9.59. The van der Waals surface area contributed by atoms with E-state index >= 15 is 0 Å². The van der Waals surface area contributed by atoms with Gasteiger partial charge in [-0.25, -0.2) is 0 Å². The number of hydrogen-bond acceptors (Lipinski definition) is 3. The van der Waals surface area contributed by atoms with Crippen molar-refractivity contribution in [2.75, 3.05) is 13.2 Å². The maximum absolute atomic E-state index is 13.2. The summed E-state index contributed by atoms with van der Waals surface area (Å²) in [7, 11) is -3.00. The first-order valence-electron chi connectivity index (χ1n) is 8.10. The fourth-order valence-electron chi connectivity index (χ4n) is 2.49. The first-order valence-corrected chi connectivity index (χ1v) is 9.71. The molecule has 0 saturated heterocycles. The molecule has 20 heavy (non-hydrogen) atoms. The minimum Gasteiger partial charge on any atom is -0.308 e. The number of unbranched alkanes of at least 4 members (excludes halogenated alkanes) is 2. The minimum absolute atomic E-state index is 0.0104. The number of allylic oxidation sites excluding steroid dienone is 2. The SMILES string of the molecule is CCCCOP(=O)(OCCCC)C1CC(C)C=CC1C. The third-order valence-electron chi connectivity index (χ3n) is 3.91. The molecule has 0 saturated carbocycles. The second-order valence-electron chi connectivity index (χ2n) is 5.94. The molecule has 0 aliphatic heterocycles. The molecule has 1 aliphatic rings. The Labute approximate surface area is 124 Å². The molecule has 0 amide bonds. The van der Waals surface area contributed by atoms with E-state index in [1.54, 1.807) is 0 Å². The van der Waals surface area contributed by atoms with Gasteiger partial charge in [0.1, 0.15) is 0 Å². The zero-order chi connectivity index (χ0) is 15.0. The summed E-state index contributed by atoms with van der Waals surface area (Å²) in [5, 5.41) is 0. The van der Waals surface area contributed by atoms with Crippen LogP contribution in [-0.4, -0.2) is 18.9 Å². The van der Waals surface area contributed by atoms with Crippen molar-refractivity contribution in [3.8, 4) is 0 Å². The van der Waals surface area contributed by atoms with Gasteiger partial charge < -0.3 is 9.05 Å². The van der Waals surface area contributed by atoms with Crippen LogP contribution in [0.5, 0.6) is 0 Å². The first kappa shape index (κ1) is 17.9. The van der Waals surface area contributed by atoms with Gasteiger partial charge in [0.25, 0.3) is 0 Å². The lowest BCUT2D eigenvalue weighted by Crippen LogP contribution is -2.25. The molecule has 0 aromatic carbocycles. The molecule has 1 rings (SSSR count). The van der Waals surface area contributed by atoms with E-state index in [2.05, 4.69) is 39.8 Å². The highest BCUT2D eigenvalue weighted by molar-refractivity contribution is 7.54. The fraction of sp³-hybridized carbons (Fsp3) is 0.875. The van der Waals surface area contributed by atoms with Crippen LogP contribution in [0, 0.1) is 11.8 Å². The third kappa shape index (κ3) is 5.35. The molecular weight excluding hydrogens is 271 g/mol. The molecule has 0 N–H and O–H groups in total. The lowest BCUT2D eigenvalue weighted by molar-refractivity contribution is 0.184. The zero-order valence-electron chi connectivity index (χ0n) is 13.5. The summed E-state index contributed by atoms with van der Waals surface area (Å²) in [4.78, 5) is 0. The lowest BCUT2D eigenvalue weighted by atomic mass is 9.90. The maximum atomic E-state index is 13.2. The van der Waals surface area contributed by atoms with Crippen LogP contribution in [0.25, 0.3) is 0 Å². The number of hydrogen-bond donors (Lipinski definition) is 0. The van der Waals surface area contributed by atoms with E-state index in [-0.39, 0.29) is 11.6 Å². The van der Waals surface area contributed by atoms with Crippen molar-refractivity contribution in [3.05, 3.63) is 12.2 Å². The Morgan fingerprint density at radius 1 is 1.05 bits per heavy atom. The predicted molar refractivity (Wildman–Crippen MR) is 85.2 cm³/mol. The van der Waals surface area contributed by atoms with Crippen LogP contribution in [0.1, 0.15) is 59.8 Å². The molecule has 0 bridgehead atoms. The lowest BCUT2D eigenvalue weighted by Gasteiger charge is -2.33. The molecule has 3 nitrogen and oxygen atoms in total. The predicted octanol–water partition coefficient (Wildman–Crippen LogP) is 5.41. The summed E-state index contributed by atoms with van der Waals surface area (Å²) >= 11 is 0. The smallest absolute Gasteiger partial charge is 0.308 e. The van der Waals surface area contributed by atoms with Crippen molar-refractivity contribution in [2.45, 2.75) is 65.5 Å². The summed E-state index contributed by atoms with van der Waals surface area (Å²) in [6.07, 6.45) is 9.24. The van der Waals surface area contributed by atoms with Gasteiger partial charge in [0.2, 0.25) is 0 Å². The van der Waals surface area contributed by atoms with E-state index in [0.29, 0.717) is 19.1 Å². The largest absolute Gasteiger partial charge is 0.334 e. The fourth-order valence-corrected chi connectivity index (χ4v) is 4.98. The molecule has 0 heterocycles. The molecule has 0 aromatic heterocycles. The molecule has 0 fully saturated rings. The van der Waals surface area contributed by atoms with Crippen LogP contribution in [0.4, 0.5) is 0 Å². The standard InChI is InChI=1S/C16H31O3P/c1-5-7-11-18-20(17,19-12-8-6-2)16-13-14(3)9-10-15(16)4/h9-10,14-16H,5-8,11-13H2,1-4H3. The van der Waals surface area contributed by atoms with Gasteiger partial charge in [-0.15, -0.1) is 0 Å². The average molecular weight is 302 g/mol. The Balaban J connectivity index is 2.74. The second kappa shape index (κ2) is 9.02. The van der Waals surface area contributed by atoms with Crippen molar-refractivity contribution in [1.29, 1.82) is 0 Å². The molecule has 1 aliphatic carbocycles. The van der Waals surface area contributed by atoms with Crippen molar-refractivity contribution in [2.24, 2.45) is 11.8 Å². The van der Waals surface area contributed by atoms with E-state index < -0.39 is 7.60 Å². The van der Waals surface area contributed by atoms with Crippen LogP contribution in [-0.2, 0) is 13.6 Å². The Morgan fingerprint density at radius 3 is 2.10 bits per heavy atom. The van der Waals surface area contributed by atoms with Crippen LogP contribution in [0.15, 0.2) is 12.2 Å². The number of rotatable bonds is 9. The van der Waals surface area contributed by atoms with Crippen molar-refractivity contribution < 1.29 is 13.6 Å². The maximum Gasteiger partial charge on any atom is 0.334 e. The van der Waals surface area contributed by atoms with E-state index in [9.17, 15) is 4.57 Å². The molecule has 0 aromatic rings. The Bertz CT molecular complexity index is 327. The molecule has 4 heteroatoms.